The van der Waals surface area contributed by atoms with E-state index in [9.17, 15) is 9.59 Å². The summed E-state index contributed by atoms with van der Waals surface area (Å²) in [5.41, 5.74) is 2.16. The molecule has 132 valence electrons. The van der Waals surface area contributed by atoms with Gasteiger partial charge in [0.1, 0.15) is 5.69 Å². The first-order valence-corrected chi connectivity index (χ1v) is 9.14. The Morgan fingerprint density at radius 1 is 1.08 bits per heavy atom. The number of piperazine rings is 1. The van der Waals surface area contributed by atoms with Crippen molar-refractivity contribution in [3.8, 4) is 11.3 Å². The second-order valence-electron chi connectivity index (χ2n) is 6.45. The van der Waals surface area contributed by atoms with Crippen molar-refractivity contribution in [2.45, 2.75) is 13.8 Å². The molecule has 0 spiro atoms. The number of carbonyl (C=O) groups is 2. The van der Waals surface area contributed by atoms with Crippen LogP contribution >= 0.6 is 15.9 Å². The van der Waals surface area contributed by atoms with Gasteiger partial charge in [-0.2, -0.15) is 5.10 Å². The maximum atomic E-state index is 12.7. The number of nitrogens with one attached hydrogen (secondary N) is 1. The summed E-state index contributed by atoms with van der Waals surface area (Å²) in [6.45, 7) is 6.04. The molecular formula is C18H21BrN4O2. The fourth-order valence-corrected chi connectivity index (χ4v) is 3.13. The molecule has 6 nitrogen and oxygen atoms in total. The highest BCUT2D eigenvalue weighted by molar-refractivity contribution is 9.10. The standard InChI is InChI=1S/C18H21BrN4O2/c1-12(2)17(24)22-7-9-23(10-8-22)18(25)16-11-15(20-21-16)13-3-5-14(19)6-4-13/h3-6,11-12H,7-10H2,1-2H3,(H,20,21). The summed E-state index contributed by atoms with van der Waals surface area (Å²) in [5, 5.41) is 7.08. The Bertz CT molecular complexity index is 762. The van der Waals surface area contributed by atoms with Gasteiger partial charge in [0.15, 0.2) is 0 Å². The van der Waals surface area contributed by atoms with E-state index in [0.717, 1.165) is 15.7 Å². The first-order chi connectivity index (χ1) is 12.0. The van der Waals surface area contributed by atoms with Crippen molar-refractivity contribution < 1.29 is 9.59 Å². The summed E-state index contributed by atoms with van der Waals surface area (Å²) >= 11 is 3.41. The minimum Gasteiger partial charge on any atom is -0.339 e. The predicted octanol–water partition coefficient (Wildman–Crippen LogP) is 2.78. The molecule has 1 fully saturated rings. The largest absolute Gasteiger partial charge is 0.339 e. The normalized spacial score (nSPS) is 14.9. The average molecular weight is 405 g/mol. The molecule has 1 aromatic heterocycles. The van der Waals surface area contributed by atoms with E-state index in [1.54, 1.807) is 11.0 Å². The molecule has 1 aromatic carbocycles. The quantitative estimate of drug-likeness (QED) is 0.854. The van der Waals surface area contributed by atoms with Crippen LogP contribution in [0.4, 0.5) is 0 Å². The van der Waals surface area contributed by atoms with Crippen LogP contribution in [0.3, 0.4) is 0 Å². The highest BCUT2D eigenvalue weighted by Crippen LogP contribution is 2.21. The molecule has 2 aromatic rings. The number of carbonyl (C=O) groups excluding carboxylic acids is 2. The highest BCUT2D eigenvalue weighted by atomic mass is 79.9. The molecule has 0 radical (unpaired) electrons. The number of rotatable bonds is 3. The molecule has 1 aliphatic rings. The Labute approximate surface area is 155 Å². The third-order valence-electron chi connectivity index (χ3n) is 4.32. The molecule has 0 saturated carbocycles. The Kier molecular flexibility index (Phi) is 5.22. The smallest absolute Gasteiger partial charge is 0.272 e. The third kappa shape index (κ3) is 3.92. The number of aromatic amines is 1. The maximum absolute atomic E-state index is 12.7. The first kappa shape index (κ1) is 17.7. The van der Waals surface area contributed by atoms with Gasteiger partial charge in [-0.25, -0.2) is 0 Å². The van der Waals surface area contributed by atoms with Crippen LogP contribution in [0.25, 0.3) is 11.3 Å². The van der Waals surface area contributed by atoms with Gasteiger partial charge in [0.25, 0.3) is 5.91 Å². The van der Waals surface area contributed by atoms with Gasteiger partial charge in [-0.1, -0.05) is 41.9 Å². The fraction of sp³-hybridized carbons (Fsp3) is 0.389. The van der Waals surface area contributed by atoms with E-state index in [4.69, 9.17) is 0 Å². The lowest BCUT2D eigenvalue weighted by atomic mass is 10.1. The topological polar surface area (TPSA) is 69.3 Å². The number of H-pyrrole nitrogens is 1. The molecule has 0 unspecified atom stereocenters. The Morgan fingerprint density at radius 2 is 1.68 bits per heavy atom. The van der Waals surface area contributed by atoms with Crippen LogP contribution in [0.2, 0.25) is 0 Å². The van der Waals surface area contributed by atoms with Gasteiger partial charge in [0.2, 0.25) is 5.91 Å². The summed E-state index contributed by atoms with van der Waals surface area (Å²) < 4.78 is 0.997. The van der Waals surface area contributed by atoms with Crippen molar-refractivity contribution in [3.05, 3.63) is 40.5 Å². The van der Waals surface area contributed by atoms with Gasteiger partial charge in [-0.15, -0.1) is 0 Å². The second-order valence-corrected chi connectivity index (χ2v) is 7.36. The zero-order valence-electron chi connectivity index (χ0n) is 14.3. The lowest BCUT2D eigenvalue weighted by Crippen LogP contribution is -2.51. The van der Waals surface area contributed by atoms with Crippen molar-refractivity contribution in [1.29, 1.82) is 0 Å². The van der Waals surface area contributed by atoms with E-state index in [0.29, 0.717) is 31.9 Å². The molecule has 3 rings (SSSR count). The minimum absolute atomic E-state index is 0.0108. The van der Waals surface area contributed by atoms with E-state index in [1.165, 1.54) is 0 Å². The van der Waals surface area contributed by atoms with Crippen LogP contribution in [0.15, 0.2) is 34.8 Å². The molecular weight excluding hydrogens is 384 g/mol. The van der Waals surface area contributed by atoms with Gasteiger partial charge in [0, 0.05) is 42.1 Å². The highest BCUT2D eigenvalue weighted by Gasteiger charge is 2.26. The van der Waals surface area contributed by atoms with E-state index in [2.05, 4.69) is 26.1 Å². The summed E-state index contributed by atoms with van der Waals surface area (Å²) in [5.74, 6) is 0.0574. The van der Waals surface area contributed by atoms with Crippen molar-refractivity contribution in [1.82, 2.24) is 20.0 Å². The Hall–Kier alpha value is -2.15. The molecule has 1 aliphatic heterocycles. The second kappa shape index (κ2) is 7.39. The molecule has 0 aliphatic carbocycles. The lowest BCUT2D eigenvalue weighted by Gasteiger charge is -2.35. The first-order valence-electron chi connectivity index (χ1n) is 8.35. The Morgan fingerprint density at radius 3 is 2.28 bits per heavy atom. The number of nitrogens with zero attached hydrogens (tertiary/aromatic N) is 3. The van der Waals surface area contributed by atoms with Crippen molar-refractivity contribution >= 4 is 27.7 Å². The SMILES string of the molecule is CC(C)C(=O)N1CCN(C(=O)c2cc(-c3ccc(Br)cc3)n[nH]2)CC1. The molecule has 0 atom stereocenters. The van der Waals surface area contributed by atoms with Gasteiger partial charge in [-0.05, 0) is 18.2 Å². The molecule has 25 heavy (non-hydrogen) atoms. The average Bonchev–Trinajstić information content (AvgIpc) is 3.11. The number of hydrogen-bond acceptors (Lipinski definition) is 3. The number of halogens is 1. The molecule has 7 heteroatoms. The molecule has 1 N–H and O–H groups in total. The van der Waals surface area contributed by atoms with E-state index < -0.39 is 0 Å². The van der Waals surface area contributed by atoms with Crippen molar-refractivity contribution in [2.24, 2.45) is 5.92 Å². The monoisotopic (exact) mass is 404 g/mol. The summed E-state index contributed by atoms with van der Waals surface area (Å²) in [4.78, 5) is 28.3. The van der Waals surface area contributed by atoms with Crippen LogP contribution in [0.5, 0.6) is 0 Å². The number of benzene rings is 1. The lowest BCUT2D eigenvalue weighted by molar-refractivity contribution is -0.135. The predicted molar refractivity (Wildman–Crippen MR) is 99.0 cm³/mol. The zero-order valence-corrected chi connectivity index (χ0v) is 15.9. The maximum Gasteiger partial charge on any atom is 0.272 e. The van der Waals surface area contributed by atoms with Crippen molar-refractivity contribution in [2.75, 3.05) is 26.2 Å². The molecule has 2 heterocycles. The zero-order chi connectivity index (χ0) is 18.0. The van der Waals surface area contributed by atoms with E-state index >= 15 is 0 Å². The van der Waals surface area contributed by atoms with E-state index in [-0.39, 0.29) is 17.7 Å². The van der Waals surface area contributed by atoms with Gasteiger partial charge in [-0.3, -0.25) is 14.7 Å². The van der Waals surface area contributed by atoms with Crippen LogP contribution in [-0.2, 0) is 4.79 Å². The van der Waals surface area contributed by atoms with Crippen LogP contribution < -0.4 is 0 Å². The number of hydrogen-bond donors (Lipinski definition) is 1. The van der Waals surface area contributed by atoms with Gasteiger partial charge >= 0.3 is 0 Å². The third-order valence-corrected chi connectivity index (χ3v) is 4.85. The molecule has 1 saturated heterocycles. The summed E-state index contributed by atoms with van der Waals surface area (Å²) in [7, 11) is 0. The van der Waals surface area contributed by atoms with Gasteiger partial charge in [0.05, 0.1) is 5.69 Å². The minimum atomic E-state index is -0.0764. The van der Waals surface area contributed by atoms with E-state index in [1.807, 2.05) is 43.0 Å². The molecule has 2 amide bonds. The fourth-order valence-electron chi connectivity index (χ4n) is 2.87. The summed E-state index contributed by atoms with van der Waals surface area (Å²) in [6, 6.07) is 9.56. The Balaban J connectivity index is 1.65. The summed E-state index contributed by atoms with van der Waals surface area (Å²) in [6.07, 6.45) is 0. The molecule has 0 bridgehead atoms. The number of amides is 2. The van der Waals surface area contributed by atoms with Crippen LogP contribution in [-0.4, -0.2) is 58.0 Å². The van der Waals surface area contributed by atoms with Crippen molar-refractivity contribution in [3.63, 3.8) is 0 Å². The van der Waals surface area contributed by atoms with Gasteiger partial charge < -0.3 is 9.80 Å². The number of aromatic nitrogens is 2. The van der Waals surface area contributed by atoms with Crippen LogP contribution in [0.1, 0.15) is 24.3 Å². The van der Waals surface area contributed by atoms with Crippen LogP contribution in [0, 0.1) is 5.92 Å².